The largest absolute Gasteiger partial charge is 0.490 e. The molecule has 0 atom stereocenters. The van der Waals surface area contributed by atoms with Crippen molar-refractivity contribution in [2.45, 2.75) is 4.90 Å². The third-order valence-electron chi connectivity index (χ3n) is 1.67. The Labute approximate surface area is 92.8 Å². The molecule has 0 aromatic heterocycles. The highest BCUT2D eigenvalue weighted by molar-refractivity contribution is 7.98. The van der Waals surface area contributed by atoms with Crippen molar-refractivity contribution in [2.75, 3.05) is 12.9 Å². The second-order valence-electron chi connectivity index (χ2n) is 2.73. The molecule has 1 aromatic rings. The molecule has 1 N–H and O–H groups in total. The van der Waals surface area contributed by atoms with Crippen molar-refractivity contribution in [3.05, 3.63) is 36.4 Å². The maximum absolute atomic E-state index is 10.1. The standard InChI is InChI=1S/C11H12O3S/c1-15-10-6-4-9(5-7-10)14-8-2-3-11(12)13/h2-7H,8H2,1H3,(H,12,13). The summed E-state index contributed by atoms with van der Waals surface area (Å²) in [7, 11) is 0. The summed E-state index contributed by atoms with van der Waals surface area (Å²) in [5.74, 6) is -0.223. The molecule has 0 spiro atoms. The van der Waals surface area contributed by atoms with Crippen molar-refractivity contribution in [1.82, 2.24) is 0 Å². The molecule has 0 unspecified atom stereocenters. The van der Waals surface area contributed by atoms with Gasteiger partial charge < -0.3 is 9.84 Å². The first kappa shape index (κ1) is 11.7. The molecule has 1 aromatic carbocycles. The second-order valence-corrected chi connectivity index (χ2v) is 3.61. The molecule has 0 aliphatic heterocycles. The van der Waals surface area contributed by atoms with Gasteiger partial charge in [-0.1, -0.05) is 0 Å². The number of carboxylic acids is 1. The lowest BCUT2D eigenvalue weighted by molar-refractivity contribution is -0.131. The van der Waals surface area contributed by atoms with E-state index in [9.17, 15) is 4.79 Å². The van der Waals surface area contributed by atoms with E-state index in [0.29, 0.717) is 0 Å². The van der Waals surface area contributed by atoms with Gasteiger partial charge in [0, 0.05) is 11.0 Å². The molecular weight excluding hydrogens is 212 g/mol. The number of hydrogen-bond acceptors (Lipinski definition) is 3. The smallest absolute Gasteiger partial charge is 0.328 e. The Morgan fingerprint density at radius 1 is 1.47 bits per heavy atom. The Morgan fingerprint density at radius 3 is 2.67 bits per heavy atom. The Balaban J connectivity index is 2.41. The lowest BCUT2D eigenvalue weighted by atomic mass is 10.3. The predicted molar refractivity (Wildman–Crippen MR) is 60.5 cm³/mol. The fourth-order valence-corrected chi connectivity index (χ4v) is 1.37. The van der Waals surface area contributed by atoms with Crippen LogP contribution in [0.2, 0.25) is 0 Å². The van der Waals surface area contributed by atoms with E-state index in [1.54, 1.807) is 11.8 Å². The van der Waals surface area contributed by atoms with Crippen LogP contribution in [0.25, 0.3) is 0 Å². The minimum atomic E-state index is -0.962. The number of rotatable bonds is 5. The van der Waals surface area contributed by atoms with Gasteiger partial charge in [0.05, 0.1) is 0 Å². The summed E-state index contributed by atoms with van der Waals surface area (Å²) >= 11 is 1.66. The quantitative estimate of drug-likeness (QED) is 0.616. The summed E-state index contributed by atoms with van der Waals surface area (Å²) in [6.45, 7) is 0.269. The zero-order valence-corrected chi connectivity index (χ0v) is 9.16. The van der Waals surface area contributed by atoms with Crippen LogP contribution in [0.3, 0.4) is 0 Å². The van der Waals surface area contributed by atoms with E-state index in [0.717, 1.165) is 11.8 Å². The molecule has 0 radical (unpaired) electrons. The van der Waals surface area contributed by atoms with E-state index in [-0.39, 0.29) is 6.61 Å². The molecule has 0 amide bonds. The highest BCUT2D eigenvalue weighted by Crippen LogP contribution is 2.18. The van der Waals surface area contributed by atoms with Crippen LogP contribution < -0.4 is 4.74 Å². The summed E-state index contributed by atoms with van der Waals surface area (Å²) < 4.78 is 5.30. The van der Waals surface area contributed by atoms with Crippen LogP contribution in [0.5, 0.6) is 5.75 Å². The van der Waals surface area contributed by atoms with Gasteiger partial charge in [0.1, 0.15) is 12.4 Å². The van der Waals surface area contributed by atoms with Crippen molar-refractivity contribution in [2.24, 2.45) is 0 Å². The fourth-order valence-electron chi connectivity index (χ4n) is 0.965. The van der Waals surface area contributed by atoms with Gasteiger partial charge in [0.2, 0.25) is 0 Å². The van der Waals surface area contributed by atoms with E-state index in [2.05, 4.69) is 0 Å². The number of aliphatic carboxylic acids is 1. The average molecular weight is 224 g/mol. The molecule has 0 bridgehead atoms. The van der Waals surface area contributed by atoms with Gasteiger partial charge in [-0.05, 0) is 36.6 Å². The van der Waals surface area contributed by atoms with Crippen LogP contribution in [-0.2, 0) is 4.79 Å². The lowest BCUT2D eigenvalue weighted by Gasteiger charge is -2.03. The molecule has 0 fully saturated rings. The third-order valence-corrected chi connectivity index (χ3v) is 2.41. The van der Waals surface area contributed by atoms with Gasteiger partial charge in [-0.25, -0.2) is 4.79 Å². The van der Waals surface area contributed by atoms with Crippen LogP contribution in [0.4, 0.5) is 0 Å². The van der Waals surface area contributed by atoms with E-state index < -0.39 is 5.97 Å². The van der Waals surface area contributed by atoms with E-state index in [1.165, 1.54) is 11.0 Å². The van der Waals surface area contributed by atoms with E-state index in [4.69, 9.17) is 9.84 Å². The molecule has 0 aliphatic carbocycles. The number of benzene rings is 1. The molecule has 0 heterocycles. The molecule has 0 saturated carbocycles. The van der Waals surface area contributed by atoms with Gasteiger partial charge in [-0.15, -0.1) is 11.8 Å². The molecule has 0 aliphatic rings. The minimum absolute atomic E-state index is 0.269. The SMILES string of the molecule is CSc1ccc(OCC=CC(=O)O)cc1. The first-order valence-corrected chi connectivity index (χ1v) is 5.61. The number of thioether (sulfide) groups is 1. The highest BCUT2D eigenvalue weighted by Gasteiger charge is 1.93. The normalized spacial score (nSPS) is 10.5. The monoisotopic (exact) mass is 224 g/mol. The average Bonchev–Trinajstić information content (AvgIpc) is 2.25. The molecule has 4 heteroatoms. The van der Waals surface area contributed by atoms with Crippen molar-refractivity contribution in [1.29, 1.82) is 0 Å². The number of carbonyl (C=O) groups is 1. The van der Waals surface area contributed by atoms with Crippen LogP contribution in [0.1, 0.15) is 0 Å². The van der Waals surface area contributed by atoms with Crippen molar-refractivity contribution in [3.63, 3.8) is 0 Å². The predicted octanol–water partition coefficient (Wildman–Crippen LogP) is 2.43. The summed E-state index contributed by atoms with van der Waals surface area (Å²) in [6.07, 6.45) is 4.53. The molecule has 3 nitrogen and oxygen atoms in total. The van der Waals surface area contributed by atoms with Crippen LogP contribution in [-0.4, -0.2) is 23.9 Å². The highest BCUT2D eigenvalue weighted by atomic mass is 32.2. The Hall–Kier alpha value is -1.42. The molecule has 15 heavy (non-hydrogen) atoms. The van der Waals surface area contributed by atoms with Gasteiger partial charge >= 0.3 is 5.97 Å². The third kappa shape index (κ3) is 4.56. The van der Waals surface area contributed by atoms with E-state index >= 15 is 0 Å². The van der Waals surface area contributed by atoms with Crippen molar-refractivity contribution >= 4 is 17.7 Å². The molecule has 80 valence electrons. The summed E-state index contributed by atoms with van der Waals surface area (Å²) in [5, 5.41) is 8.33. The molecule has 1 rings (SSSR count). The first-order valence-electron chi connectivity index (χ1n) is 4.38. The summed E-state index contributed by atoms with van der Waals surface area (Å²) in [4.78, 5) is 11.3. The first-order chi connectivity index (χ1) is 7.22. The fraction of sp³-hybridized carbons (Fsp3) is 0.182. The summed E-state index contributed by atoms with van der Waals surface area (Å²) in [6, 6.07) is 7.64. The molecular formula is C11H12O3S. The number of ether oxygens (including phenoxy) is 1. The van der Waals surface area contributed by atoms with Crippen LogP contribution >= 0.6 is 11.8 Å². The second kappa shape index (κ2) is 6.14. The van der Waals surface area contributed by atoms with E-state index in [1.807, 2.05) is 30.5 Å². The molecule has 0 saturated heterocycles. The maximum atomic E-state index is 10.1. The lowest BCUT2D eigenvalue weighted by Crippen LogP contribution is -1.95. The number of hydrogen-bond donors (Lipinski definition) is 1. The number of carboxylic acid groups (broad SMARTS) is 1. The topological polar surface area (TPSA) is 46.5 Å². The van der Waals surface area contributed by atoms with Crippen LogP contribution in [0, 0.1) is 0 Å². The maximum Gasteiger partial charge on any atom is 0.328 e. The zero-order chi connectivity index (χ0) is 11.1. The van der Waals surface area contributed by atoms with Gasteiger partial charge in [0.15, 0.2) is 0 Å². The van der Waals surface area contributed by atoms with Gasteiger partial charge in [-0.3, -0.25) is 0 Å². The van der Waals surface area contributed by atoms with Gasteiger partial charge in [-0.2, -0.15) is 0 Å². The summed E-state index contributed by atoms with van der Waals surface area (Å²) in [5.41, 5.74) is 0. The van der Waals surface area contributed by atoms with Crippen molar-refractivity contribution < 1.29 is 14.6 Å². The Bertz CT molecular complexity index is 343. The minimum Gasteiger partial charge on any atom is -0.490 e. The zero-order valence-electron chi connectivity index (χ0n) is 8.34. The Morgan fingerprint density at radius 2 is 2.13 bits per heavy atom. The van der Waals surface area contributed by atoms with Gasteiger partial charge in [0.25, 0.3) is 0 Å². The van der Waals surface area contributed by atoms with Crippen LogP contribution in [0.15, 0.2) is 41.3 Å². The Kier molecular flexibility index (Phi) is 4.77. The van der Waals surface area contributed by atoms with Crippen molar-refractivity contribution in [3.8, 4) is 5.75 Å².